The lowest BCUT2D eigenvalue weighted by Gasteiger charge is -2.27. The number of benzene rings is 1. The number of nitrogens with zero attached hydrogens (tertiary/aromatic N) is 1. The summed E-state index contributed by atoms with van der Waals surface area (Å²) >= 11 is 0. The molecule has 3 aliphatic rings. The van der Waals surface area contributed by atoms with Crippen LogP contribution in [-0.2, 0) is 20.7 Å². The van der Waals surface area contributed by atoms with Crippen molar-refractivity contribution < 1.29 is 19.4 Å². The molecule has 5 nitrogen and oxygen atoms in total. The van der Waals surface area contributed by atoms with Crippen molar-refractivity contribution in [2.24, 2.45) is 11.8 Å². The molecule has 3 aliphatic heterocycles. The number of rotatable bonds is 5. The van der Waals surface area contributed by atoms with Gasteiger partial charge in [0.25, 0.3) is 0 Å². The van der Waals surface area contributed by atoms with E-state index in [1.165, 1.54) is 5.56 Å². The third-order valence-corrected chi connectivity index (χ3v) is 5.64. The number of carbonyl (C=O) groups excluding carboxylic acids is 1. The lowest BCUT2D eigenvalue weighted by Crippen LogP contribution is -2.40. The molecule has 5 atom stereocenters. The summed E-state index contributed by atoms with van der Waals surface area (Å²) in [6.45, 7) is 2.49. The highest BCUT2D eigenvalue weighted by atomic mass is 16.5. The van der Waals surface area contributed by atoms with E-state index < -0.39 is 29.5 Å². The molecule has 1 N–H and O–H groups in total. The monoisotopic (exact) mass is 327 g/mol. The van der Waals surface area contributed by atoms with Crippen molar-refractivity contribution in [3.05, 3.63) is 48.0 Å². The second-order valence-corrected chi connectivity index (χ2v) is 7.08. The van der Waals surface area contributed by atoms with E-state index in [-0.39, 0.29) is 11.9 Å². The van der Waals surface area contributed by atoms with Crippen LogP contribution in [-0.4, -0.2) is 46.2 Å². The van der Waals surface area contributed by atoms with Crippen LogP contribution in [0, 0.1) is 11.8 Å². The Kier molecular flexibility index (Phi) is 3.49. The molecule has 1 aromatic rings. The first-order chi connectivity index (χ1) is 11.5. The standard InChI is InChI=1S/C19H21NO4/c1-12(7-8-13-5-3-2-4-6-13)20-11-19-10-9-14(24-19)15(18(22)23)16(19)17(20)21/h2-6,9-10,12,14-16H,7-8,11H2,1H3,(H,22,23)/t12-,14-,15+,16+,19-/m1/s1. The maximum Gasteiger partial charge on any atom is 0.310 e. The largest absolute Gasteiger partial charge is 0.481 e. The predicted octanol–water partition coefficient (Wildman–Crippen LogP) is 1.87. The van der Waals surface area contributed by atoms with Gasteiger partial charge >= 0.3 is 5.97 Å². The number of carbonyl (C=O) groups is 2. The van der Waals surface area contributed by atoms with Crippen LogP contribution in [0.15, 0.2) is 42.5 Å². The minimum Gasteiger partial charge on any atom is -0.481 e. The molecule has 0 aromatic heterocycles. The second kappa shape index (κ2) is 5.45. The van der Waals surface area contributed by atoms with Gasteiger partial charge < -0.3 is 14.7 Å². The van der Waals surface area contributed by atoms with Crippen LogP contribution in [0.25, 0.3) is 0 Å². The van der Waals surface area contributed by atoms with Gasteiger partial charge in [-0.3, -0.25) is 9.59 Å². The Balaban J connectivity index is 1.49. The van der Waals surface area contributed by atoms with E-state index in [1.54, 1.807) is 6.08 Å². The summed E-state index contributed by atoms with van der Waals surface area (Å²) < 4.78 is 5.92. The van der Waals surface area contributed by atoms with Crippen LogP contribution < -0.4 is 0 Å². The van der Waals surface area contributed by atoms with Gasteiger partial charge in [0, 0.05) is 6.04 Å². The summed E-state index contributed by atoms with van der Waals surface area (Å²) in [5, 5.41) is 9.49. The molecule has 1 amide bonds. The van der Waals surface area contributed by atoms with Gasteiger partial charge in [-0.2, -0.15) is 0 Å². The number of carboxylic acids is 1. The molecule has 24 heavy (non-hydrogen) atoms. The number of amides is 1. The average molecular weight is 327 g/mol. The molecule has 2 bridgehead atoms. The van der Waals surface area contributed by atoms with E-state index in [1.807, 2.05) is 36.1 Å². The minimum absolute atomic E-state index is 0.0585. The third kappa shape index (κ3) is 2.18. The lowest BCUT2D eigenvalue weighted by molar-refractivity contribution is -0.148. The molecule has 0 saturated carbocycles. The fourth-order valence-electron chi connectivity index (χ4n) is 4.36. The Morgan fingerprint density at radius 1 is 1.42 bits per heavy atom. The zero-order chi connectivity index (χ0) is 16.9. The van der Waals surface area contributed by atoms with Gasteiger partial charge in [0.05, 0.1) is 18.6 Å². The first-order valence-electron chi connectivity index (χ1n) is 8.46. The quantitative estimate of drug-likeness (QED) is 0.839. The van der Waals surface area contributed by atoms with Crippen molar-refractivity contribution in [2.45, 2.75) is 37.5 Å². The maximum absolute atomic E-state index is 12.9. The first-order valence-corrected chi connectivity index (χ1v) is 8.46. The molecule has 0 unspecified atom stereocenters. The van der Waals surface area contributed by atoms with Gasteiger partial charge in [-0.15, -0.1) is 0 Å². The fraction of sp³-hybridized carbons (Fsp3) is 0.474. The van der Waals surface area contributed by atoms with Gasteiger partial charge in [0.2, 0.25) is 5.91 Å². The molecule has 3 heterocycles. The lowest BCUT2D eigenvalue weighted by atomic mass is 9.77. The van der Waals surface area contributed by atoms with Crippen molar-refractivity contribution in [1.29, 1.82) is 0 Å². The average Bonchev–Trinajstić information content (AvgIpc) is 3.22. The second-order valence-electron chi connectivity index (χ2n) is 7.08. The van der Waals surface area contributed by atoms with Gasteiger partial charge in [0.1, 0.15) is 11.5 Å². The summed E-state index contributed by atoms with van der Waals surface area (Å²) in [4.78, 5) is 26.3. The highest BCUT2D eigenvalue weighted by Gasteiger charge is 2.67. The van der Waals surface area contributed by atoms with Crippen LogP contribution in [0.5, 0.6) is 0 Å². The molecule has 2 saturated heterocycles. The molecule has 2 fully saturated rings. The van der Waals surface area contributed by atoms with E-state index in [0.29, 0.717) is 6.54 Å². The van der Waals surface area contributed by atoms with Crippen LogP contribution in [0.2, 0.25) is 0 Å². The zero-order valence-corrected chi connectivity index (χ0v) is 13.6. The molecule has 1 spiro atoms. The molecule has 5 heteroatoms. The van der Waals surface area contributed by atoms with Gasteiger partial charge in [-0.1, -0.05) is 42.5 Å². The summed E-state index contributed by atoms with van der Waals surface area (Å²) in [6.07, 6.45) is 5.00. The van der Waals surface area contributed by atoms with Crippen LogP contribution in [0.1, 0.15) is 18.9 Å². The molecule has 126 valence electrons. The Morgan fingerprint density at radius 2 is 2.17 bits per heavy atom. The Labute approximate surface area is 140 Å². The van der Waals surface area contributed by atoms with Gasteiger partial charge in [0.15, 0.2) is 0 Å². The fourth-order valence-corrected chi connectivity index (χ4v) is 4.36. The van der Waals surface area contributed by atoms with Crippen molar-refractivity contribution in [2.75, 3.05) is 6.54 Å². The number of likely N-dealkylation sites (tertiary alicyclic amines) is 1. The van der Waals surface area contributed by atoms with Crippen molar-refractivity contribution in [3.63, 3.8) is 0 Å². The maximum atomic E-state index is 12.9. The smallest absolute Gasteiger partial charge is 0.310 e. The van der Waals surface area contributed by atoms with Crippen molar-refractivity contribution in [1.82, 2.24) is 4.90 Å². The van der Waals surface area contributed by atoms with E-state index in [0.717, 1.165) is 12.8 Å². The topological polar surface area (TPSA) is 66.8 Å². The molecule has 0 radical (unpaired) electrons. The molecular weight excluding hydrogens is 306 g/mol. The predicted molar refractivity (Wildman–Crippen MR) is 87.3 cm³/mol. The molecule has 4 rings (SSSR count). The molecule has 1 aromatic carbocycles. The summed E-state index contributed by atoms with van der Waals surface area (Å²) in [5.74, 6) is -2.35. The van der Waals surface area contributed by atoms with Crippen LogP contribution >= 0.6 is 0 Å². The molecule has 0 aliphatic carbocycles. The third-order valence-electron chi connectivity index (χ3n) is 5.64. The number of fused-ring (bicyclic) bond motifs is 1. The molecular formula is C19H21NO4. The number of hydrogen-bond acceptors (Lipinski definition) is 3. The summed E-state index contributed by atoms with van der Waals surface area (Å²) in [6, 6.07) is 10.2. The Morgan fingerprint density at radius 3 is 2.88 bits per heavy atom. The van der Waals surface area contributed by atoms with Gasteiger partial charge in [-0.05, 0) is 25.3 Å². The van der Waals surface area contributed by atoms with E-state index >= 15 is 0 Å². The summed E-state index contributed by atoms with van der Waals surface area (Å²) in [5.41, 5.74) is 0.515. The van der Waals surface area contributed by atoms with E-state index in [9.17, 15) is 14.7 Å². The van der Waals surface area contributed by atoms with E-state index in [4.69, 9.17) is 4.74 Å². The number of ether oxygens (including phenoxy) is 1. The van der Waals surface area contributed by atoms with Gasteiger partial charge in [-0.25, -0.2) is 0 Å². The minimum atomic E-state index is -0.941. The Bertz CT molecular complexity index is 701. The number of hydrogen-bond donors (Lipinski definition) is 1. The van der Waals surface area contributed by atoms with E-state index in [2.05, 4.69) is 12.1 Å². The van der Waals surface area contributed by atoms with Crippen molar-refractivity contribution in [3.8, 4) is 0 Å². The van der Waals surface area contributed by atoms with Crippen molar-refractivity contribution >= 4 is 11.9 Å². The number of aryl methyl sites for hydroxylation is 1. The first kappa shape index (κ1) is 15.4. The van der Waals surface area contributed by atoms with Crippen LogP contribution in [0.4, 0.5) is 0 Å². The number of aliphatic carboxylic acids is 1. The normalized spacial score (nSPS) is 34.6. The van der Waals surface area contributed by atoms with Crippen LogP contribution in [0.3, 0.4) is 0 Å². The number of carboxylic acid groups (broad SMARTS) is 1. The zero-order valence-electron chi connectivity index (χ0n) is 13.6. The summed E-state index contributed by atoms with van der Waals surface area (Å²) in [7, 11) is 0. The highest BCUT2D eigenvalue weighted by Crippen LogP contribution is 2.52. The Hall–Kier alpha value is -2.14. The highest BCUT2D eigenvalue weighted by molar-refractivity contribution is 5.90. The SMILES string of the molecule is C[C@H](CCc1ccccc1)N1C[C@@]23C=C[C@@H](O2)[C@H](C(=O)O)[C@H]3C1=O.